The second-order valence-electron chi connectivity index (χ2n) is 4.85. The van der Waals surface area contributed by atoms with Crippen molar-refractivity contribution in [2.75, 3.05) is 20.2 Å². The van der Waals surface area contributed by atoms with Gasteiger partial charge in [-0.25, -0.2) is 12.8 Å². The minimum Gasteiger partial charge on any atom is -0.495 e. The van der Waals surface area contributed by atoms with Gasteiger partial charge in [0.2, 0.25) is 15.9 Å². The number of sulfonamides is 1. The number of hydrogen-bond acceptors (Lipinski definition) is 4. The van der Waals surface area contributed by atoms with Crippen molar-refractivity contribution >= 4 is 31.9 Å². The summed E-state index contributed by atoms with van der Waals surface area (Å²) in [5, 5.41) is 2.64. The lowest BCUT2D eigenvalue weighted by atomic mass is 10.3. The van der Waals surface area contributed by atoms with Gasteiger partial charge in [0.25, 0.3) is 0 Å². The topological polar surface area (TPSA) is 75.7 Å². The maximum absolute atomic E-state index is 13.8. The van der Waals surface area contributed by atoms with Crippen molar-refractivity contribution in [3.05, 3.63) is 22.4 Å². The average molecular weight is 395 g/mol. The Labute approximate surface area is 136 Å². The third-order valence-corrected chi connectivity index (χ3v) is 6.06. The highest BCUT2D eigenvalue weighted by molar-refractivity contribution is 9.10. The monoisotopic (exact) mass is 394 g/mol. The molecule has 0 saturated carbocycles. The van der Waals surface area contributed by atoms with Gasteiger partial charge in [0.15, 0.2) is 0 Å². The molecular weight excluding hydrogens is 379 g/mol. The van der Waals surface area contributed by atoms with Crippen LogP contribution in [0.4, 0.5) is 4.39 Å². The Balaban J connectivity index is 2.54. The molecule has 1 amide bonds. The molecule has 1 unspecified atom stereocenters. The van der Waals surface area contributed by atoms with Gasteiger partial charge in [-0.1, -0.05) is 0 Å². The summed E-state index contributed by atoms with van der Waals surface area (Å²) in [4.78, 5) is 11.6. The molecule has 9 heteroatoms. The van der Waals surface area contributed by atoms with Crippen LogP contribution in [0.25, 0.3) is 0 Å². The van der Waals surface area contributed by atoms with Gasteiger partial charge in [-0.15, -0.1) is 0 Å². The van der Waals surface area contributed by atoms with Crippen LogP contribution in [0.2, 0.25) is 0 Å². The number of amides is 1. The number of hydrogen-bond donors (Lipinski definition) is 1. The summed E-state index contributed by atoms with van der Waals surface area (Å²) < 4.78 is 45.6. The van der Waals surface area contributed by atoms with E-state index in [2.05, 4.69) is 21.2 Å². The number of carbonyl (C=O) groups is 1. The van der Waals surface area contributed by atoms with Crippen LogP contribution in [-0.4, -0.2) is 44.9 Å². The Hall–Kier alpha value is -1.19. The molecule has 22 heavy (non-hydrogen) atoms. The largest absolute Gasteiger partial charge is 0.495 e. The smallest absolute Gasteiger partial charge is 0.247 e. The van der Waals surface area contributed by atoms with Gasteiger partial charge in [0.05, 0.1) is 11.6 Å². The molecule has 6 nitrogen and oxygen atoms in total. The molecule has 1 aliphatic rings. The summed E-state index contributed by atoms with van der Waals surface area (Å²) in [7, 11) is -2.76. The molecule has 1 aromatic carbocycles. The van der Waals surface area contributed by atoms with E-state index in [-0.39, 0.29) is 27.6 Å². The molecule has 0 aliphatic carbocycles. The van der Waals surface area contributed by atoms with Crippen LogP contribution in [0.3, 0.4) is 0 Å². The molecule has 1 heterocycles. The van der Waals surface area contributed by atoms with Crippen LogP contribution in [0.5, 0.6) is 5.75 Å². The predicted octanol–water partition coefficient (Wildman–Crippen LogP) is 1.50. The number of nitrogens with zero attached hydrogens (tertiary/aromatic N) is 1. The quantitative estimate of drug-likeness (QED) is 0.842. The van der Waals surface area contributed by atoms with Crippen molar-refractivity contribution in [3.63, 3.8) is 0 Å². The van der Waals surface area contributed by atoms with Gasteiger partial charge in [0, 0.05) is 13.1 Å². The third kappa shape index (κ3) is 3.11. The van der Waals surface area contributed by atoms with Gasteiger partial charge in [0.1, 0.15) is 22.5 Å². The second-order valence-corrected chi connectivity index (χ2v) is 7.57. The summed E-state index contributed by atoms with van der Waals surface area (Å²) in [6.45, 7) is 2.07. The van der Waals surface area contributed by atoms with Gasteiger partial charge < -0.3 is 10.1 Å². The zero-order valence-electron chi connectivity index (χ0n) is 12.1. The third-order valence-electron chi connectivity index (χ3n) is 3.46. The first-order valence-electron chi connectivity index (χ1n) is 6.61. The van der Waals surface area contributed by atoms with E-state index in [1.54, 1.807) is 0 Å². The minimum atomic E-state index is -4.06. The van der Waals surface area contributed by atoms with Gasteiger partial charge in [-0.3, -0.25) is 4.79 Å². The van der Waals surface area contributed by atoms with E-state index in [1.807, 2.05) is 0 Å². The maximum atomic E-state index is 13.8. The van der Waals surface area contributed by atoms with E-state index < -0.39 is 21.9 Å². The number of rotatable bonds is 3. The van der Waals surface area contributed by atoms with Crippen molar-refractivity contribution in [1.82, 2.24) is 9.62 Å². The zero-order valence-corrected chi connectivity index (χ0v) is 14.5. The number of benzene rings is 1. The van der Waals surface area contributed by atoms with Crippen LogP contribution < -0.4 is 10.1 Å². The Kier molecular flexibility index (Phi) is 5.08. The molecule has 2 rings (SSSR count). The summed E-state index contributed by atoms with van der Waals surface area (Å²) in [5.74, 6) is -1.07. The lowest BCUT2D eigenvalue weighted by Crippen LogP contribution is -2.45. The highest BCUT2D eigenvalue weighted by Gasteiger charge is 2.36. The molecule has 122 valence electrons. The van der Waals surface area contributed by atoms with Gasteiger partial charge in [-0.2, -0.15) is 4.31 Å². The highest BCUT2D eigenvalue weighted by Crippen LogP contribution is 2.32. The Morgan fingerprint density at radius 1 is 1.45 bits per heavy atom. The molecule has 0 aromatic heterocycles. The van der Waals surface area contributed by atoms with Crippen molar-refractivity contribution in [3.8, 4) is 5.75 Å². The lowest BCUT2D eigenvalue weighted by molar-refractivity contribution is -0.123. The average Bonchev–Trinajstić information content (AvgIpc) is 2.64. The van der Waals surface area contributed by atoms with Crippen molar-refractivity contribution in [2.45, 2.75) is 24.3 Å². The summed E-state index contributed by atoms with van der Waals surface area (Å²) in [6.07, 6.45) is 0.483. The molecule has 0 radical (unpaired) electrons. The second kappa shape index (κ2) is 6.51. The normalized spacial score (nSPS) is 20.4. The van der Waals surface area contributed by atoms with Crippen LogP contribution in [0.1, 0.15) is 13.3 Å². The van der Waals surface area contributed by atoms with E-state index in [9.17, 15) is 17.6 Å². The van der Waals surface area contributed by atoms with Crippen LogP contribution >= 0.6 is 15.9 Å². The van der Waals surface area contributed by atoms with Crippen LogP contribution in [0, 0.1) is 5.82 Å². The van der Waals surface area contributed by atoms with E-state index in [1.165, 1.54) is 20.1 Å². The molecule has 0 spiro atoms. The van der Waals surface area contributed by atoms with Gasteiger partial charge in [-0.05, 0) is 41.4 Å². The molecular formula is C13H16BrFN2O4S. The number of nitrogens with one attached hydrogen (secondary N) is 1. The predicted molar refractivity (Wildman–Crippen MR) is 81.6 cm³/mol. The van der Waals surface area contributed by atoms with E-state index in [4.69, 9.17) is 4.74 Å². The number of ether oxygens (including phenoxy) is 1. The van der Waals surface area contributed by atoms with E-state index in [0.29, 0.717) is 13.0 Å². The van der Waals surface area contributed by atoms with E-state index in [0.717, 1.165) is 10.4 Å². The van der Waals surface area contributed by atoms with Crippen LogP contribution in [-0.2, 0) is 14.8 Å². The Bertz CT molecular complexity index is 696. The van der Waals surface area contributed by atoms with Crippen molar-refractivity contribution in [2.24, 2.45) is 0 Å². The fourth-order valence-electron chi connectivity index (χ4n) is 2.24. The van der Waals surface area contributed by atoms with Crippen molar-refractivity contribution in [1.29, 1.82) is 0 Å². The number of carbonyl (C=O) groups excluding carboxylic acids is 1. The maximum Gasteiger partial charge on any atom is 0.247 e. The van der Waals surface area contributed by atoms with Crippen molar-refractivity contribution < 1.29 is 22.3 Å². The number of halogens is 2. The Morgan fingerprint density at radius 2 is 2.14 bits per heavy atom. The zero-order chi connectivity index (χ0) is 16.5. The fourth-order valence-corrected chi connectivity index (χ4v) is 4.35. The highest BCUT2D eigenvalue weighted by atomic mass is 79.9. The molecule has 0 bridgehead atoms. The summed E-state index contributed by atoms with van der Waals surface area (Å²) >= 11 is 2.99. The first-order chi connectivity index (χ1) is 10.3. The first-order valence-corrected chi connectivity index (χ1v) is 8.85. The summed E-state index contributed by atoms with van der Waals surface area (Å²) in [6, 6.07) is 1.28. The first kappa shape index (κ1) is 17.2. The SMILES string of the molecule is COc1cc(Br)c(F)cc1S(=O)(=O)N1CCCNC(=O)C1C. The molecule has 1 aliphatic heterocycles. The molecule has 1 atom stereocenters. The Morgan fingerprint density at radius 3 is 2.77 bits per heavy atom. The minimum absolute atomic E-state index is 0.0186. The van der Waals surface area contributed by atoms with Crippen LogP contribution in [0.15, 0.2) is 21.5 Å². The molecule has 1 saturated heterocycles. The molecule has 1 N–H and O–H groups in total. The molecule has 1 fully saturated rings. The van der Waals surface area contributed by atoms with Gasteiger partial charge >= 0.3 is 0 Å². The number of methoxy groups -OCH3 is 1. The summed E-state index contributed by atoms with van der Waals surface area (Å²) in [5.41, 5.74) is 0. The standard InChI is InChI=1S/C13H16BrFN2O4S/c1-8-13(18)16-4-3-5-17(8)22(19,20)12-7-10(15)9(14)6-11(12)21-2/h6-8H,3-5H2,1-2H3,(H,16,18). The molecule has 1 aromatic rings. The lowest BCUT2D eigenvalue weighted by Gasteiger charge is -2.25. The van der Waals surface area contributed by atoms with E-state index >= 15 is 0 Å². The fraction of sp³-hybridized carbons (Fsp3) is 0.462.